The molecule has 0 aliphatic carbocycles. The van der Waals surface area contributed by atoms with Crippen LogP contribution in [0.25, 0.3) is 0 Å². The van der Waals surface area contributed by atoms with E-state index in [1.807, 2.05) is 42.5 Å². The van der Waals surface area contributed by atoms with Crippen LogP contribution >= 0.6 is 0 Å². The summed E-state index contributed by atoms with van der Waals surface area (Å²) in [5.41, 5.74) is -0.298. The molecule has 0 bridgehead atoms. The summed E-state index contributed by atoms with van der Waals surface area (Å²) in [6.45, 7) is 7.41. The second kappa shape index (κ2) is 10.3. The maximum Gasteiger partial charge on any atom is 0.333 e. The van der Waals surface area contributed by atoms with E-state index in [0.717, 1.165) is 11.1 Å². The first kappa shape index (κ1) is 25.3. The van der Waals surface area contributed by atoms with Gasteiger partial charge in [-0.25, -0.2) is 4.79 Å². The van der Waals surface area contributed by atoms with E-state index in [0.29, 0.717) is 5.75 Å². The Kier molecular flexibility index (Phi) is 7.64. The number of carbonyl (C=O) groups is 3. The molecule has 0 saturated carbocycles. The van der Waals surface area contributed by atoms with Gasteiger partial charge in [-0.15, -0.1) is 0 Å². The zero-order valence-electron chi connectivity index (χ0n) is 20.5. The first-order valence-corrected chi connectivity index (χ1v) is 11.5. The van der Waals surface area contributed by atoms with Gasteiger partial charge in [0.25, 0.3) is 0 Å². The molecule has 1 saturated heterocycles. The topological polar surface area (TPSA) is 82.1 Å². The molecule has 1 aliphatic rings. The predicted octanol–water partition coefficient (Wildman–Crippen LogP) is 3.93. The molecule has 3 rings (SSSR count). The van der Waals surface area contributed by atoms with E-state index in [4.69, 9.17) is 14.2 Å². The first-order valence-electron chi connectivity index (χ1n) is 11.5. The van der Waals surface area contributed by atoms with Crippen molar-refractivity contribution in [2.45, 2.75) is 58.2 Å². The van der Waals surface area contributed by atoms with Crippen molar-refractivity contribution in [3.63, 3.8) is 0 Å². The van der Waals surface area contributed by atoms with E-state index in [9.17, 15) is 14.4 Å². The second-order valence-electron chi connectivity index (χ2n) is 9.42. The average molecular weight is 468 g/mol. The summed E-state index contributed by atoms with van der Waals surface area (Å²) in [5.74, 6) is -1.48. The number of nitrogens with zero attached hydrogens (tertiary/aromatic N) is 1. The average Bonchev–Trinajstić information content (AvgIpc) is 2.80. The van der Waals surface area contributed by atoms with Crippen LogP contribution in [-0.4, -0.2) is 47.6 Å². The van der Waals surface area contributed by atoms with Crippen molar-refractivity contribution in [1.82, 2.24) is 4.90 Å². The van der Waals surface area contributed by atoms with E-state index in [2.05, 4.69) is 0 Å². The molecule has 2 aromatic carbocycles. The number of carbonyl (C=O) groups excluding carboxylic acids is 3. The molecular weight excluding hydrogens is 434 g/mol. The molecule has 1 fully saturated rings. The molecule has 0 spiro atoms. The van der Waals surface area contributed by atoms with Crippen LogP contribution < -0.4 is 4.74 Å². The van der Waals surface area contributed by atoms with Crippen LogP contribution in [0, 0.1) is 5.92 Å². The molecule has 7 heteroatoms. The molecular formula is C27H33NO6. The van der Waals surface area contributed by atoms with Crippen LogP contribution in [0.5, 0.6) is 5.75 Å². The van der Waals surface area contributed by atoms with Gasteiger partial charge in [0, 0.05) is 13.0 Å². The van der Waals surface area contributed by atoms with Crippen molar-refractivity contribution >= 4 is 17.8 Å². The van der Waals surface area contributed by atoms with Crippen LogP contribution in [0.3, 0.4) is 0 Å². The summed E-state index contributed by atoms with van der Waals surface area (Å²) in [6, 6.07) is 16.8. The van der Waals surface area contributed by atoms with E-state index in [-0.39, 0.29) is 31.9 Å². The fourth-order valence-electron chi connectivity index (χ4n) is 4.36. The molecule has 0 N–H and O–H groups in total. The largest absolute Gasteiger partial charge is 0.497 e. The SMILES string of the molecule is CCOC(=O)[C@]1(Cc2ccccc2)[C@@H](CC(=O)OC(C)(C)C)C(=O)N1Cc1ccc(OC)cc1. The molecule has 7 nitrogen and oxygen atoms in total. The van der Waals surface area contributed by atoms with Gasteiger partial charge in [-0.1, -0.05) is 42.5 Å². The van der Waals surface area contributed by atoms with Gasteiger partial charge in [-0.3, -0.25) is 9.59 Å². The Balaban J connectivity index is 1.99. The van der Waals surface area contributed by atoms with E-state index < -0.39 is 29.0 Å². The predicted molar refractivity (Wildman–Crippen MR) is 127 cm³/mol. The number of amides is 1. The minimum atomic E-state index is -1.31. The van der Waals surface area contributed by atoms with Crippen molar-refractivity contribution in [3.05, 3.63) is 65.7 Å². The van der Waals surface area contributed by atoms with Crippen LogP contribution in [0.4, 0.5) is 0 Å². The van der Waals surface area contributed by atoms with Gasteiger partial charge in [-0.2, -0.15) is 0 Å². The number of benzene rings is 2. The molecule has 1 aliphatic heterocycles. The van der Waals surface area contributed by atoms with Crippen LogP contribution in [0.1, 0.15) is 45.2 Å². The van der Waals surface area contributed by atoms with Crippen molar-refractivity contribution in [1.29, 1.82) is 0 Å². The molecule has 0 aromatic heterocycles. The Labute approximate surface area is 201 Å². The van der Waals surface area contributed by atoms with Crippen LogP contribution in [-0.2, 0) is 36.8 Å². The monoisotopic (exact) mass is 467 g/mol. The number of likely N-dealkylation sites (tertiary alicyclic amines) is 1. The lowest BCUT2D eigenvalue weighted by atomic mass is 9.67. The number of esters is 2. The van der Waals surface area contributed by atoms with Gasteiger partial charge in [0.05, 0.1) is 26.1 Å². The minimum absolute atomic E-state index is 0.166. The number of β-lactam (4-membered cyclic amide) rings is 1. The zero-order chi connectivity index (χ0) is 24.9. The summed E-state index contributed by atoms with van der Waals surface area (Å²) in [5, 5.41) is 0. The molecule has 0 radical (unpaired) electrons. The highest BCUT2D eigenvalue weighted by atomic mass is 16.6. The minimum Gasteiger partial charge on any atom is -0.497 e. The van der Waals surface area contributed by atoms with E-state index in [1.54, 1.807) is 46.9 Å². The third-order valence-electron chi connectivity index (χ3n) is 5.86. The molecule has 2 atom stereocenters. The molecule has 1 heterocycles. The van der Waals surface area contributed by atoms with Gasteiger partial charge in [0.2, 0.25) is 5.91 Å². The standard InChI is InChI=1S/C27H33NO6/c1-6-33-25(31)27(17-19-10-8-7-9-11-19)22(16-23(29)34-26(2,3)4)24(30)28(27)18-20-12-14-21(32-5)15-13-20/h7-15,22H,6,16-18H2,1-5H3/t22-,27-/m0/s1. The molecule has 182 valence electrons. The smallest absolute Gasteiger partial charge is 0.333 e. The number of rotatable bonds is 9. The van der Waals surface area contributed by atoms with Gasteiger partial charge >= 0.3 is 11.9 Å². The first-order chi connectivity index (χ1) is 16.1. The second-order valence-corrected chi connectivity index (χ2v) is 9.42. The van der Waals surface area contributed by atoms with Crippen molar-refractivity contribution in [2.75, 3.05) is 13.7 Å². The Hall–Kier alpha value is -3.35. The summed E-state index contributed by atoms with van der Waals surface area (Å²) in [4.78, 5) is 41.1. The fourth-order valence-corrected chi connectivity index (χ4v) is 4.36. The van der Waals surface area contributed by atoms with Crippen molar-refractivity contribution in [3.8, 4) is 5.75 Å². The van der Waals surface area contributed by atoms with E-state index >= 15 is 0 Å². The highest BCUT2D eigenvalue weighted by Crippen LogP contribution is 2.45. The van der Waals surface area contributed by atoms with Crippen molar-refractivity contribution < 1.29 is 28.6 Å². The highest BCUT2D eigenvalue weighted by Gasteiger charge is 2.66. The summed E-state index contributed by atoms with van der Waals surface area (Å²) in [6.07, 6.45) is 0.0445. The van der Waals surface area contributed by atoms with Gasteiger partial charge in [0.15, 0.2) is 5.54 Å². The number of hydrogen-bond donors (Lipinski definition) is 0. The van der Waals surface area contributed by atoms with E-state index in [1.165, 1.54) is 4.90 Å². The summed E-state index contributed by atoms with van der Waals surface area (Å²) in [7, 11) is 1.58. The Morgan fingerprint density at radius 3 is 2.21 bits per heavy atom. The molecule has 1 amide bonds. The summed E-state index contributed by atoms with van der Waals surface area (Å²) >= 11 is 0. The quantitative estimate of drug-likeness (QED) is 0.411. The maximum absolute atomic E-state index is 13.5. The Morgan fingerprint density at radius 1 is 1.00 bits per heavy atom. The van der Waals surface area contributed by atoms with Gasteiger partial charge < -0.3 is 19.1 Å². The van der Waals surface area contributed by atoms with Crippen molar-refractivity contribution in [2.24, 2.45) is 5.92 Å². The third-order valence-corrected chi connectivity index (χ3v) is 5.86. The van der Waals surface area contributed by atoms with Gasteiger partial charge in [-0.05, 0) is 51.0 Å². The zero-order valence-corrected chi connectivity index (χ0v) is 20.5. The lowest BCUT2D eigenvalue weighted by molar-refractivity contribution is -0.196. The molecule has 34 heavy (non-hydrogen) atoms. The molecule has 0 unspecified atom stereocenters. The number of ether oxygens (including phenoxy) is 3. The maximum atomic E-state index is 13.5. The van der Waals surface area contributed by atoms with Crippen LogP contribution in [0.15, 0.2) is 54.6 Å². The number of methoxy groups -OCH3 is 1. The fraction of sp³-hybridized carbons (Fsp3) is 0.444. The lowest BCUT2D eigenvalue weighted by Crippen LogP contribution is -2.75. The Bertz CT molecular complexity index is 1010. The molecule has 2 aromatic rings. The summed E-state index contributed by atoms with van der Waals surface area (Å²) < 4.78 is 16.2. The van der Waals surface area contributed by atoms with Gasteiger partial charge in [0.1, 0.15) is 11.4 Å². The normalized spacial score (nSPS) is 19.9. The highest BCUT2D eigenvalue weighted by molar-refractivity contribution is 6.03. The third kappa shape index (κ3) is 5.41. The Morgan fingerprint density at radius 2 is 1.65 bits per heavy atom. The lowest BCUT2D eigenvalue weighted by Gasteiger charge is -2.55. The number of hydrogen-bond acceptors (Lipinski definition) is 6. The van der Waals surface area contributed by atoms with Crippen LogP contribution in [0.2, 0.25) is 0 Å².